The van der Waals surface area contributed by atoms with E-state index in [2.05, 4.69) is 15.9 Å². The summed E-state index contributed by atoms with van der Waals surface area (Å²) in [5.74, 6) is 0.197. The summed E-state index contributed by atoms with van der Waals surface area (Å²) in [5.41, 5.74) is -0.0335. The molecule has 0 aliphatic rings. The van der Waals surface area contributed by atoms with Gasteiger partial charge in [0.25, 0.3) is 0 Å². The van der Waals surface area contributed by atoms with Gasteiger partial charge in [-0.25, -0.2) is 0 Å². The second-order valence-corrected chi connectivity index (χ2v) is 4.83. The zero-order valence-electron chi connectivity index (χ0n) is 9.96. The van der Waals surface area contributed by atoms with Crippen LogP contribution in [0.1, 0.15) is 11.1 Å². The predicted molar refractivity (Wildman–Crippen MR) is 70.4 cm³/mol. The molecule has 2 aromatic carbocycles. The van der Waals surface area contributed by atoms with Gasteiger partial charge in [0, 0.05) is 4.47 Å². The Morgan fingerprint density at radius 2 is 1.58 bits per heavy atom. The highest BCUT2D eigenvalue weighted by Crippen LogP contribution is 2.42. The normalized spacial score (nSPS) is 11.4. The van der Waals surface area contributed by atoms with Crippen LogP contribution in [0.4, 0.5) is 13.2 Å². The first kappa shape index (κ1) is 13.9. The molecule has 0 atom stereocenters. The van der Waals surface area contributed by atoms with Crippen molar-refractivity contribution in [2.75, 3.05) is 0 Å². The first-order valence-corrected chi connectivity index (χ1v) is 6.28. The third kappa shape index (κ3) is 3.10. The van der Waals surface area contributed by atoms with E-state index in [9.17, 15) is 13.2 Å². The summed E-state index contributed by atoms with van der Waals surface area (Å²) in [7, 11) is 0. The molecule has 2 rings (SSSR count). The number of halogens is 4. The number of aryl methyl sites for hydroxylation is 1. The van der Waals surface area contributed by atoms with E-state index in [1.807, 2.05) is 0 Å². The highest BCUT2D eigenvalue weighted by molar-refractivity contribution is 9.10. The van der Waals surface area contributed by atoms with E-state index in [0.29, 0.717) is 5.75 Å². The van der Waals surface area contributed by atoms with Crippen LogP contribution in [-0.4, -0.2) is 0 Å². The average Bonchev–Trinajstić information content (AvgIpc) is 2.30. The van der Waals surface area contributed by atoms with Crippen LogP contribution in [0.5, 0.6) is 11.5 Å². The molecule has 100 valence electrons. The van der Waals surface area contributed by atoms with Gasteiger partial charge in [0.1, 0.15) is 17.1 Å². The molecule has 5 heteroatoms. The molecular weight excluding hydrogens is 321 g/mol. The number of para-hydroxylation sites is 1. The van der Waals surface area contributed by atoms with Crippen molar-refractivity contribution in [3.05, 3.63) is 58.1 Å². The first-order valence-electron chi connectivity index (χ1n) is 5.49. The maximum Gasteiger partial charge on any atom is 0.421 e. The van der Waals surface area contributed by atoms with E-state index in [4.69, 9.17) is 4.74 Å². The van der Waals surface area contributed by atoms with Crippen LogP contribution >= 0.6 is 15.9 Å². The van der Waals surface area contributed by atoms with Crippen molar-refractivity contribution in [2.45, 2.75) is 13.1 Å². The van der Waals surface area contributed by atoms with Crippen molar-refractivity contribution in [3.8, 4) is 11.5 Å². The summed E-state index contributed by atoms with van der Waals surface area (Å²) in [6, 6.07) is 11.1. The fourth-order valence-electron chi connectivity index (χ4n) is 1.65. The molecule has 0 N–H and O–H groups in total. The quantitative estimate of drug-likeness (QED) is 0.699. The van der Waals surface area contributed by atoms with Crippen molar-refractivity contribution in [2.24, 2.45) is 0 Å². The minimum Gasteiger partial charge on any atom is -0.456 e. The van der Waals surface area contributed by atoms with E-state index in [1.54, 1.807) is 31.2 Å². The zero-order chi connectivity index (χ0) is 14.0. The van der Waals surface area contributed by atoms with Gasteiger partial charge in [0.2, 0.25) is 0 Å². The Labute approximate surface area is 117 Å². The van der Waals surface area contributed by atoms with Gasteiger partial charge in [-0.2, -0.15) is 13.2 Å². The van der Waals surface area contributed by atoms with Crippen LogP contribution in [0, 0.1) is 6.92 Å². The van der Waals surface area contributed by atoms with Gasteiger partial charge < -0.3 is 4.74 Å². The Kier molecular flexibility index (Phi) is 3.85. The lowest BCUT2D eigenvalue weighted by Crippen LogP contribution is -2.08. The molecule has 0 bridgehead atoms. The second kappa shape index (κ2) is 5.25. The van der Waals surface area contributed by atoms with Crippen LogP contribution in [0.3, 0.4) is 0 Å². The lowest BCUT2D eigenvalue weighted by Gasteiger charge is -2.16. The molecule has 0 heterocycles. The van der Waals surface area contributed by atoms with E-state index in [-0.39, 0.29) is 10.2 Å². The molecule has 2 aromatic rings. The monoisotopic (exact) mass is 330 g/mol. The van der Waals surface area contributed by atoms with E-state index < -0.39 is 11.7 Å². The molecule has 0 aromatic heterocycles. The fraction of sp³-hybridized carbons (Fsp3) is 0.143. The van der Waals surface area contributed by atoms with E-state index >= 15 is 0 Å². The molecule has 0 saturated heterocycles. The highest BCUT2D eigenvalue weighted by Gasteiger charge is 2.36. The fourth-order valence-corrected chi connectivity index (χ4v) is 2.23. The SMILES string of the molecule is Cc1ccccc1Oc1cccc(Br)c1C(F)(F)F. The topological polar surface area (TPSA) is 9.23 Å². The number of hydrogen-bond donors (Lipinski definition) is 0. The molecule has 0 spiro atoms. The number of benzene rings is 2. The van der Waals surface area contributed by atoms with Crippen LogP contribution in [0.15, 0.2) is 46.9 Å². The standard InChI is InChI=1S/C14H10BrF3O/c1-9-5-2-3-7-11(9)19-12-8-4-6-10(15)13(12)14(16,17)18/h2-8H,1H3. The van der Waals surface area contributed by atoms with Crippen LogP contribution in [-0.2, 0) is 6.18 Å². The second-order valence-electron chi connectivity index (χ2n) is 3.98. The number of ether oxygens (including phenoxy) is 1. The molecule has 0 aliphatic heterocycles. The Bertz CT molecular complexity index is 593. The third-order valence-corrected chi connectivity index (χ3v) is 3.23. The smallest absolute Gasteiger partial charge is 0.421 e. The largest absolute Gasteiger partial charge is 0.456 e. The van der Waals surface area contributed by atoms with Gasteiger partial charge in [-0.15, -0.1) is 0 Å². The summed E-state index contributed by atoms with van der Waals surface area (Å²) in [6.45, 7) is 1.78. The lowest BCUT2D eigenvalue weighted by atomic mass is 10.2. The molecule has 0 fully saturated rings. The molecule has 0 unspecified atom stereocenters. The third-order valence-electron chi connectivity index (χ3n) is 2.57. The Morgan fingerprint density at radius 1 is 0.947 bits per heavy atom. The van der Waals surface area contributed by atoms with Gasteiger partial charge in [-0.05, 0) is 30.7 Å². The van der Waals surface area contributed by atoms with Crippen molar-refractivity contribution in [3.63, 3.8) is 0 Å². The van der Waals surface area contributed by atoms with Crippen molar-refractivity contribution >= 4 is 15.9 Å². The molecule has 0 aliphatic carbocycles. The van der Waals surface area contributed by atoms with Gasteiger partial charge in [-0.3, -0.25) is 0 Å². The van der Waals surface area contributed by atoms with Crippen molar-refractivity contribution in [1.82, 2.24) is 0 Å². The summed E-state index contributed by atoms with van der Waals surface area (Å²) in [6.07, 6.45) is -4.47. The van der Waals surface area contributed by atoms with Gasteiger partial charge in [0.05, 0.1) is 0 Å². The summed E-state index contributed by atoms with van der Waals surface area (Å²) in [5, 5.41) is 0. The Hall–Kier alpha value is -1.49. The van der Waals surface area contributed by atoms with Gasteiger partial charge in [-0.1, -0.05) is 40.2 Å². The Morgan fingerprint density at radius 3 is 2.21 bits per heavy atom. The Balaban J connectivity index is 2.47. The van der Waals surface area contributed by atoms with Crippen LogP contribution in [0.2, 0.25) is 0 Å². The van der Waals surface area contributed by atoms with Crippen molar-refractivity contribution < 1.29 is 17.9 Å². The maximum absolute atomic E-state index is 13.0. The lowest BCUT2D eigenvalue weighted by molar-refractivity contribution is -0.139. The minimum atomic E-state index is -4.47. The van der Waals surface area contributed by atoms with E-state index in [0.717, 1.165) is 5.56 Å². The van der Waals surface area contributed by atoms with Crippen LogP contribution in [0.25, 0.3) is 0 Å². The van der Waals surface area contributed by atoms with Gasteiger partial charge in [0.15, 0.2) is 0 Å². The summed E-state index contributed by atoms with van der Waals surface area (Å²) in [4.78, 5) is 0. The molecule has 0 amide bonds. The summed E-state index contributed by atoms with van der Waals surface area (Å²) >= 11 is 2.91. The number of hydrogen-bond acceptors (Lipinski definition) is 1. The molecule has 0 saturated carbocycles. The average molecular weight is 331 g/mol. The molecule has 0 radical (unpaired) electrons. The zero-order valence-corrected chi connectivity index (χ0v) is 11.5. The molecular formula is C14H10BrF3O. The van der Waals surface area contributed by atoms with Crippen LogP contribution < -0.4 is 4.74 Å². The first-order chi connectivity index (χ1) is 8.89. The highest BCUT2D eigenvalue weighted by atomic mass is 79.9. The van der Waals surface area contributed by atoms with Gasteiger partial charge >= 0.3 is 6.18 Å². The summed E-state index contributed by atoms with van der Waals surface area (Å²) < 4.78 is 44.4. The molecule has 1 nitrogen and oxygen atoms in total. The predicted octanol–water partition coefficient (Wildman–Crippen LogP) is 5.57. The van der Waals surface area contributed by atoms with Crippen molar-refractivity contribution in [1.29, 1.82) is 0 Å². The maximum atomic E-state index is 13.0. The molecule has 19 heavy (non-hydrogen) atoms. The number of alkyl halides is 3. The number of rotatable bonds is 2. The van der Waals surface area contributed by atoms with E-state index in [1.165, 1.54) is 18.2 Å². The minimum absolute atomic E-state index is 0.0360.